The van der Waals surface area contributed by atoms with E-state index in [4.69, 9.17) is 4.74 Å². The monoisotopic (exact) mass is 215 g/mol. The SMILES string of the molecule is CCCCOC(=O)/C=C1\NC(=O)CS1. The number of carbonyl (C=O) groups is 2. The summed E-state index contributed by atoms with van der Waals surface area (Å²) in [6, 6.07) is 0. The predicted octanol–water partition coefficient (Wildman–Crippen LogP) is 1.03. The molecule has 1 amide bonds. The summed E-state index contributed by atoms with van der Waals surface area (Å²) in [4.78, 5) is 21.9. The Morgan fingerprint density at radius 1 is 1.71 bits per heavy atom. The zero-order chi connectivity index (χ0) is 10.4. The molecule has 78 valence electrons. The quantitative estimate of drug-likeness (QED) is 0.432. The van der Waals surface area contributed by atoms with Crippen molar-refractivity contribution in [1.29, 1.82) is 0 Å². The normalized spacial score (nSPS) is 18.4. The molecule has 1 saturated heterocycles. The van der Waals surface area contributed by atoms with Gasteiger partial charge in [0.1, 0.15) is 0 Å². The third kappa shape index (κ3) is 3.83. The Kier molecular flexibility index (Phi) is 4.52. The van der Waals surface area contributed by atoms with Crippen LogP contribution in [0.3, 0.4) is 0 Å². The smallest absolute Gasteiger partial charge is 0.333 e. The molecule has 1 aliphatic heterocycles. The Morgan fingerprint density at radius 3 is 3.07 bits per heavy atom. The second kappa shape index (κ2) is 5.70. The first-order valence-corrected chi connectivity index (χ1v) is 5.52. The van der Waals surface area contributed by atoms with Crippen molar-refractivity contribution in [3.05, 3.63) is 11.1 Å². The maximum atomic E-state index is 11.1. The molecule has 1 aliphatic rings. The number of carbonyl (C=O) groups excluding carboxylic acids is 2. The molecule has 1 N–H and O–H groups in total. The molecule has 0 aromatic carbocycles. The van der Waals surface area contributed by atoms with E-state index in [0.29, 0.717) is 17.4 Å². The Hall–Kier alpha value is -0.970. The van der Waals surface area contributed by atoms with E-state index in [2.05, 4.69) is 5.32 Å². The number of esters is 1. The topological polar surface area (TPSA) is 55.4 Å². The highest BCUT2D eigenvalue weighted by Gasteiger charge is 2.16. The summed E-state index contributed by atoms with van der Waals surface area (Å²) in [7, 11) is 0. The lowest BCUT2D eigenvalue weighted by Crippen LogP contribution is -2.15. The number of hydrogen-bond donors (Lipinski definition) is 1. The molecule has 0 aliphatic carbocycles. The van der Waals surface area contributed by atoms with E-state index in [1.54, 1.807) is 0 Å². The fourth-order valence-corrected chi connectivity index (χ4v) is 1.62. The Morgan fingerprint density at radius 2 is 2.50 bits per heavy atom. The number of hydrogen-bond acceptors (Lipinski definition) is 4. The van der Waals surface area contributed by atoms with E-state index in [9.17, 15) is 9.59 Å². The van der Waals surface area contributed by atoms with Crippen molar-refractivity contribution in [2.75, 3.05) is 12.4 Å². The highest BCUT2D eigenvalue weighted by Crippen LogP contribution is 2.18. The first-order chi connectivity index (χ1) is 6.72. The molecule has 5 heteroatoms. The van der Waals surface area contributed by atoms with Gasteiger partial charge in [0.05, 0.1) is 23.5 Å². The molecule has 0 atom stereocenters. The third-order valence-electron chi connectivity index (χ3n) is 1.61. The van der Waals surface area contributed by atoms with Crippen molar-refractivity contribution >= 4 is 23.6 Å². The molecule has 0 unspecified atom stereocenters. The van der Waals surface area contributed by atoms with Crippen LogP contribution in [0.1, 0.15) is 19.8 Å². The van der Waals surface area contributed by atoms with Crippen molar-refractivity contribution in [3.8, 4) is 0 Å². The lowest BCUT2D eigenvalue weighted by atomic mass is 10.4. The summed E-state index contributed by atoms with van der Waals surface area (Å²) in [6.07, 6.45) is 3.19. The maximum absolute atomic E-state index is 11.1. The highest BCUT2D eigenvalue weighted by molar-refractivity contribution is 8.04. The number of amides is 1. The minimum absolute atomic E-state index is 0.0670. The van der Waals surface area contributed by atoms with Crippen LogP contribution in [0, 0.1) is 0 Å². The van der Waals surface area contributed by atoms with Gasteiger partial charge in [-0.25, -0.2) is 4.79 Å². The van der Waals surface area contributed by atoms with Crippen LogP contribution in [-0.4, -0.2) is 24.2 Å². The van der Waals surface area contributed by atoms with Crippen molar-refractivity contribution in [3.63, 3.8) is 0 Å². The van der Waals surface area contributed by atoms with Gasteiger partial charge in [0.25, 0.3) is 0 Å². The molecule has 14 heavy (non-hydrogen) atoms. The van der Waals surface area contributed by atoms with Gasteiger partial charge in [-0.2, -0.15) is 0 Å². The lowest BCUT2D eigenvalue weighted by Gasteiger charge is -2.00. The molecular weight excluding hydrogens is 202 g/mol. The van der Waals surface area contributed by atoms with Gasteiger partial charge < -0.3 is 10.1 Å². The number of nitrogens with one attached hydrogen (secondary N) is 1. The van der Waals surface area contributed by atoms with Gasteiger partial charge in [-0.1, -0.05) is 25.1 Å². The van der Waals surface area contributed by atoms with Crippen LogP contribution >= 0.6 is 11.8 Å². The molecule has 1 fully saturated rings. The van der Waals surface area contributed by atoms with E-state index in [1.165, 1.54) is 17.8 Å². The van der Waals surface area contributed by atoms with Crippen LogP contribution in [0.4, 0.5) is 0 Å². The molecule has 4 nitrogen and oxygen atoms in total. The number of ether oxygens (including phenoxy) is 1. The standard InChI is InChI=1S/C9H13NO3S/c1-2-3-4-13-9(12)5-8-10-7(11)6-14-8/h5H,2-4,6H2,1H3,(H,10,11)/b8-5+. The summed E-state index contributed by atoms with van der Waals surface area (Å²) in [5.41, 5.74) is 0. The van der Waals surface area contributed by atoms with Crippen molar-refractivity contribution in [1.82, 2.24) is 5.32 Å². The van der Waals surface area contributed by atoms with Gasteiger partial charge >= 0.3 is 5.97 Å². The second-order valence-electron chi connectivity index (χ2n) is 2.87. The van der Waals surface area contributed by atoms with Gasteiger partial charge in [-0.3, -0.25) is 4.79 Å². The second-order valence-corrected chi connectivity index (χ2v) is 3.88. The van der Waals surface area contributed by atoms with Gasteiger partial charge in [0.15, 0.2) is 0 Å². The summed E-state index contributed by atoms with van der Waals surface area (Å²) in [5.74, 6) is -0.0700. The van der Waals surface area contributed by atoms with E-state index >= 15 is 0 Å². The molecule has 1 heterocycles. The fraction of sp³-hybridized carbons (Fsp3) is 0.556. The Labute approximate surface area is 87.1 Å². The van der Waals surface area contributed by atoms with E-state index < -0.39 is 0 Å². The minimum Gasteiger partial charge on any atom is -0.462 e. The summed E-state index contributed by atoms with van der Waals surface area (Å²) < 4.78 is 4.90. The van der Waals surface area contributed by atoms with Crippen molar-refractivity contribution < 1.29 is 14.3 Å². The zero-order valence-corrected chi connectivity index (χ0v) is 8.86. The third-order valence-corrected chi connectivity index (χ3v) is 2.55. The first-order valence-electron chi connectivity index (χ1n) is 4.53. The zero-order valence-electron chi connectivity index (χ0n) is 8.04. The van der Waals surface area contributed by atoms with Crippen LogP contribution in [0.15, 0.2) is 11.1 Å². The highest BCUT2D eigenvalue weighted by atomic mass is 32.2. The van der Waals surface area contributed by atoms with Gasteiger partial charge in [-0.05, 0) is 6.42 Å². The Balaban J connectivity index is 2.28. The molecule has 0 spiro atoms. The lowest BCUT2D eigenvalue weighted by molar-refractivity contribution is -0.137. The molecule has 0 saturated carbocycles. The summed E-state index contributed by atoms with van der Waals surface area (Å²) >= 11 is 1.32. The molecular formula is C9H13NO3S. The first kappa shape index (κ1) is 11.1. The predicted molar refractivity (Wildman–Crippen MR) is 54.6 cm³/mol. The molecule has 0 aromatic rings. The van der Waals surface area contributed by atoms with E-state index in [1.807, 2.05) is 6.92 Å². The summed E-state index contributed by atoms with van der Waals surface area (Å²) in [5, 5.41) is 3.14. The molecule has 0 aromatic heterocycles. The van der Waals surface area contributed by atoms with E-state index in [-0.39, 0.29) is 11.9 Å². The van der Waals surface area contributed by atoms with Gasteiger partial charge in [0.2, 0.25) is 5.91 Å². The fourth-order valence-electron chi connectivity index (χ4n) is 0.896. The van der Waals surface area contributed by atoms with Gasteiger partial charge in [-0.15, -0.1) is 0 Å². The van der Waals surface area contributed by atoms with Gasteiger partial charge in [0, 0.05) is 0 Å². The van der Waals surface area contributed by atoms with Crippen LogP contribution in [0.2, 0.25) is 0 Å². The van der Waals surface area contributed by atoms with Crippen molar-refractivity contribution in [2.24, 2.45) is 0 Å². The average Bonchev–Trinajstić information content (AvgIpc) is 2.52. The molecule has 1 rings (SSSR count). The minimum atomic E-state index is -0.386. The van der Waals surface area contributed by atoms with E-state index in [0.717, 1.165) is 12.8 Å². The van der Waals surface area contributed by atoms with Crippen LogP contribution < -0.4 is 5.32 Å². The molecule has 0 radical (unpaired) electrons. The number of thioether (sulfide) groups is 1. The number of rotatable bonds is 4. The average molecular weight is 215 g/mol. The maximum Gasteiger partial charge on any atom is 0.333 e. The Bertz CT molecular complexity index is 263. The largest absolute Gasteiger partial charge is 0.462 e. The molecule has 0 bridgehead atoms. The number of unbranched alkanes of at least 4 members (excludes halogenated alkanes) is 1. The van der Waals surface area contributed by atoms with Crippen LogP contribution in [-0.2, 0) is 14.3 Å². The van der Waals surface area contributed by atoms with Crippen LogP contribution in [0.25, 0.3) is 0 Å². The summed E-state index contributed by atoms with van der Waals surface area (Å²) in [6.45, 7) is 2.47. The van der Waals surface area contributed by atoms with Crippen molar-refractivity contribution in [2.45, 2.75) is 19.8 Å². The van der Waals surface area contributed by atoms with Crippen LogP contribution in [0.5, 0.6) is 0 Å².